The molecule has 6 nitrogen and oxygen atoms in total. The molecule has 0 aliphatic heterocycles. The maximum absolute atomic E-state index is 5.74. The van der Waals surface area contributed by atoms with Gasteiger partial charge in [0.2, 0.25) is 5.16 Å². The smallest absolute Gasteiger partial charge is 0.210 e. The highest BCUT2D eigenvalue weighted by molar-refractivity contribution is 7.98. The van der Waals surface area contributed by atoms with Gasteiger partial charge in [-0.1, -0.05) is 18.7 Å². The van der Waals surface area contributed by atoms with Crippen molar-refractivity contribution >= 4 is 11.8 Å². The number of aromatic nitrogens is 4. The summed E-state index contributed by atoms with van der Waals surface area (Å²) in [5.41, 5.74) is 0. The van der Waals surface area contributed by atoms with Gasteiger partial charge in [-0.25, -0.2) is 4.68 Å². The first-order valence-electron chi connectivity index (χ1n) is 6.55. The molecule has 2 aromatic heterocycles. The van der Waals surface area contributed by atoms with Crippen LogP contribution in [0.15, 0.2) is 21.7 Å². The molecule has 0 aromatic carbocycles. The third-order valence-corrected chi connectivity index (χ3v) is 3.92. The van der Waals surface area contributed by atoms with Crippen molar-refractivity contribution in [1.29, 1.82) is 0 Å². The van der Waals surface area contributed by atoms with Crippen LogP contribution in [0, 0.1) is 0 Å². The molecule has 1 fully saturated rings. The van der Waals surface area contributed by atoms with Crippen molar-refractivity contribution < 1.29 is 4.42 Å². The molecule has 19 heavy (non-hydrogen) atoms. The van der Waals surface area contributed by atoms with Gasteiger partial charge in [0.15, 0.2) is 0 Å². The molecule has 0 saturated heterocycles. The van der Waals surface area contributed by atoms with Gasteiger partial charge in [0, 0.05) is 0 Å². The van der Waals surface area contributed by atoms with Gasteiger partial charge in [0.25, 0.3) is 0 Å². The third-order valence-electron chi connectivity index (χ3n) is 2.97. The van der Waals surface area contributed by atoms with Gasteiger partial charge in [-0.15, -0.1) is 5.10 Å². The lowest BCUT2D eigenvalue weighted by molar-refractivity contribution is 0.462. The molecule has 102 valence electrons. The van der Waals surface area contributed by atoms with Gasteiger partial charge in [-0.2, -0.15) is 0 Å². The van der Waals surface area contributed by atoms with Crippen LogP contribution in [0.25, 0.3) is 0 Å². The van der Waals surface area contributed by atoms with E-state index in [9.17, 15) is 0 Å². The molecule has 7 heteroatoms. The van der Waals surface area contributed by atoms with Crippen molar-refractivity contribution in [3.63, 3.8) is 0 Å². The molecule has 1 N–H and O–H groups in total. The molecular weight excluding hydrogens is 262 g/mol. The maximum Gasteiger partial charge on any atom is 0.210 e. The topological polar surface area (TPSA) is 68.8 Å². The highest BCUT2D eigenvalue weighted by Crippen LogP contribution is 2.36. The van der Waals surface area contributed by atoms with Gasteiger partial charge >= 0.3 is 0 Å². The average molecular weight is 279 g/mol. The fourth-order valence-electron chi connectivity index (χ4n) is 1.81. The number of rotatable bonds is 7. The summed E-state index contributed by atoms with van der Waals surface area (Å²) >= 11 is 1.63. The Morgan fingerprint density at radius 3 is 3.05 bits per heavy atom. The number of thioether (sulfide) groups is 1. The van der Waals surface area contributed by atoms with E-state index in [1.807, 2.05) is 16.8 Å². The first-order chi connectivity index (χ1) is 9.36. The van der Waals surface area contributed by atoms with E-state index in [4.69, 9.17) is 4.42 Å². The van der Waals surface area contributed by atoms with E-state index in [1.165, 1.54) is 12.8 Å². The van der Waals surface area contributed by atoms with Crippen molar-refractivity contribution in [1.82, 2.24) is 25.5 Å². The Hall–Kier alpha value is -1.34. The van der Waals surface area contributed by atoms with E-state index < -0.39 is 0 Å². The molecule has 0 bridgehead atoms. The molecule has 0 amide bonds. The van der Waals surface area contributed by atoms with Gasteiger partial charge in [0.05, 0.1) is 18.3 Å². The fraction of sp³-hybridized carbons (Fsp3) is 0.583. The molecule has 2 aromatic rings. The zero-order valence-corrected chi connectivity index (χ0v) is 11.7. The molecule has 0 atom stereocenters. The van der Waals surface area contributed by atoms with Crippen LogP contribution in [0.5, 0.6) is 0 Å². The minimum Gasteiger partial charge on any atom is -0.464 e. The van der Waals surface area contributed by atoms with Crippen LogP contribution < -0.4 is 5.32 Å². The monoisotopic (exact) mass is 279 g/mol. The van der Waals surface area contributed by atoms with Crippen LogP contribution >= 0.6 is 11.8 Å². The van der Waals surface area contributed by atoms with Gasteiger partial charge in [-0.05, 0) is 41.9 Å². The molecule has 2 heterocycles. The van der Waals surface area contributed by atoms with Gasteiger partial charge in [-0.3, -0.25) is 0 Å². The normalized spacial score (nSPS) is 15.0. The fourth-order valence-corrected chi connectivity index (χ4v) is 2.65. The number of hydrogen-bond acceptors (Lipinski definition) is 6. The largest absolute Gasteiger partial charge is 0.464 e. The summed E-state index contributed by atoms with van der Waals surface area (Å²) < 4.78 is 7.66. The SMILES string of the molecule is CCNCc1ccc(CSc2nnnn2C2CC2)o1. The van der Waals surface area contributed by atoms with Crippen molar-refractivity contribution in [2.24, 2.45) is 0 Å². The third kappa shape index (κ3) is 3.16. The number of nitrogens with one attached hydrogen (secondary N) is 1. The second-order valence-corrected chi connectivity index (χ2v) is 5.52. The molecule has 1 aliphatic rings. The van der Waals surface area contributed by atoms with Crippen molar-refractivity contribution in [2.45, 2.75) is 43.3 Å². The van der Waals surface area contributed by atoms with E-state index in [0.29, 0.717) is 6.04 Å². The van der Waals surface area contributed by atoms with E-state index in [-0.39, 0.29) is 0 Å². The van der Waals surface area contributed by atoms with Crippen LogP contribution in [0.4, 0.5) is 0 Å². The van der Waals surface area contributed by atoms with Crippen LogP contribution in [-0.2, 0) is 12.3 Å². The summed E-state index contributed by atoms with van der Waals surface area (Å²) in [5.74, 6) is 2.70. The lowest BCUT2D eigenvalue weighted by atomic mass is 10.4. The molecule has 0 spiro atoms. The summed E-state index contributed by atoms with van der Waals surface area (Å²) in [5, 5.41) is 16.0. The maximum atomic E-state index is 5.74. The van der Waals surface area contributed by atoms with Crippen molar-refractivity contribution in [3.05, 3.63) is 23.7 Å². The summed E-state index contributed by atoms with van der Waals surface area (Å²) in [7, 11) is 0. The number of hydrogen-bond donors (Lipinski definition) is 1. The van der Waals surface area contributed by atoms with E-state index >= 15 is 0 Å². The molecule has 0 unspecified atom stereocenters. The predicted molar refractivity (Wildman–Crippen MR) is 71.7 cm³/mol. The van der Waals surface area contributed by atoms with Crippen LogP contribution in [-0.4, -0.2) is 26.8 Å². The molecule has 1 saturated carbocycles. The quantitative estimate of drug-likeness (QED) is 0.782. The Labute approximate surface area is 115 Å². The van der Waals surface area contributed by atoms with Crippen molar-refractivity contribution in [3.8, 4) is 0 Å². The highest BCUT2D eigenvalue weighted by Gasteiger charge is 2.27. The standard InChI is InChI=1S/C12H17N5OS/c1-2-13-7-10-5-6-11(18-10)8-19-12-14-15-16-17(12)9-3-4-9/h5-6,9,13H,2-4,7-8H2,1H3. The summed E-state index contributed by atoms with van der Waals surface area (Å²) in [4.78, 5) is 0. The second kappa shape index (κ2) is 5.75. The van der Waals surface area contributed by atoms with Crippen LogP contribution in [0.2, 0.25) is 0 Å². The molecule has 1 aliphatic carbocycles. The van der Waals surface area contributed by atoms with Crippen LogP contribution in [0.1, 0.15) is 37.3 Å². The Balaban J connectivity index is 1.56. The number of furan rings is 1. The van der Waals surface area contributed by atoms with Gasteiger partial charge < -0.3 is 9.73 Å². The highest BCUT2D eigenvalue weighted by atomic mass is 32.2. The average Bonchev–Trinajstić information content (AvgIpc) is 3.00. The Kier molecular flexibility index (Phi) is 3.84. The summed E-state index contributed by atoms with van der Waals surface area (Å²) in [6.45, 7) is 3.80. The lowest BCUT2D eigenvalue weighted by Crippen LogP contribution is -2.10. The van der Waals surface area contributed by atoms with Crippen LogP contribution in [0.3, 0.4) is 0 Å². The number of nitrogens with zero attached hydrogens (tertiary/aromatic N) is 4. The van der Waals surface area contributed by atoms with E-state index in [0.717, 1.165) is 35.5 Å². The minimum absolute atomic E-state index is 0.512. The van der Waals surface area contributed by atoms with E-state index in [2.05, 4.69) is 27.8 Å². The van der Waals surface area contributed by atoms with E-state index in [1.54, 1.807) is 11.8 Å². The lowest BCUT2D eigenvalue weighted by Gasteiger charge is -2.00. The Morgan fingerprint density at radius 1 is 1.42 bits per heavy atom. The zero-order valence-electron chi connectivity index (χ0n) is 10.9. The zero-order chi connectivity index (χ0) is 13.1. The Bertz CT molecular complexity index is 534. The number of tetrazole rings is 1. The first kappa shape index (κ1) is 12.7. The second-order valence-electron chi connectivity index (χ2n) is 4.57. The molecule has 0 radical (unpaired) electrons. The Morgan fingerprint density at radius 2 is 2.26 bits per heavy atom. The summed E-state index contributed by atoms with van der Waals surface area (Å²) in [6, 6.07) is 4.55. The molecule has 3 rings (SSSR count). The predicted octanol–water partition coefficient (Wildman–Crippen LogP) is 2.00. The first-order valence-corrected chi connectivity index (χ1v) is 7.54. The van der Waals surface area contributed by atoms with Gasteiger partial charge in [0.1, 0.15) is 11.5 Å². The van der Waals surface area contributed by atoms with Crippen molar-refractivity contribution in [2.75, 3.05) is 6.54 Å². The summed E-state index contributed by atoms with van der Waals surface area (Å²) in [6.07, 6.45) is 2.37. The minimum atomic E-state index is 0.512. The molecular formula is C12H17N5OS.